The third kappa shape index (κ3) is 3.35. The lowest BCUT2D eigenvalue weighted by molar-refractivity contribution is 0.0914. The molecule has 0 aliphatic carbocycles. The summed E-state index contributed by atoms with van der Waals surface area (Å²) in [5.74, 6) is -0.261. The van der Waals surface area contributed by atoms with E-state index in [0.717, 1.165) is 12.8 Å². The smallest absolute Gasteiger partial charge is 0.252 e. The molecule has 2 atom stereocenters. The molecule has 128 valence electrons. The fraction of sp³-hybridized carbons (Fsp3) is 0.333. The number of carbonyl (C=O) groups is 2. The molecule has 2 aromatic carbocycles. The van der Waals surface area contributed by atoms with Crippen molar-refractivity contribution < 1.29 is 9.59 Å². The van der Waals surface area contributed by atoms with Crippen LogP contribution >= 0.6 is 0 Å². The second kappa shape index (κ2) is 6.81. The molecule has 1 amide bonds. The van der Waals surface area contributed by atoms with Crippen LogP contribution in [0.5, 0.6) is 0 Å². The minimum Gasteiger partial charge on any atom is -0.349 e. The molecule has 2 unspecified atom stereocenters. The summed E-state index contributed by atoms with van der Waals surface area (Å²) >= 11 is 0. The zero-order valence-electron chi connectivity index (χ0n) is 14.1. The summed E-state index contributed by atoms with van der Waals surface area (Å²) in [5.41, 5.74) is 1.52. The van der Waals surface area contributed by atoms with Crippen molar-refractivity contribution >= 4 is 11.7 Å². The predicted molar refractivity (Wildman–Crippen MR) is 96.8 cm³/mol. The Morgan fingerprint density at radius 2 is 1.44 bits per heavy atom. The van der Waals surface area contributed by atoms with Crippen molar-refractivity contribution in [1.82, 2.24) is 10.6 Å². The average molecular weight is 334 g/mol. The summed E-state index contributed by atoms with van der Waals surface area (Å²) in [5, 5.41) is 6.73. The van der Waals surface area contributed by atoms with E-state index in [1.54, 1.807) is 30.3 Å². The van der Waals surface area contributed by atoms with Crippen LogP contribution in [0.1, 0.15) is 52.0 Å². The van der Waals surface area contributed by atoms with Gasteiger partial charge in [-0.2, -0.15) is 0 Å². The van der Waals surface area contributed by atoms with Crippen molar-refractivity contribution in [2.45, 2.75) is 43.8 Å². The first-order chi connectivity index (χ1) is 12.2. The molecule has 4 rings (SSSR count). The Hall–Kier alpha value is -2.46. The summed E-state index contributed by atoms with van der Waals surface area (Å²) in [6.07, 6.45) is 4.33. The number of nitrogens with one attached hydrogen (secondary N) is 2. The lowest BCUT2D eigenvalue weighted by Gasteiger charge is -2.29. The first kappa shape index (κ1) is 16.0. The minimum absolute atomic E-state index is 0.114. The number of rotatable bonds is 4. The lowest BCUT2D eigenvalue weighted by Crippen LogP contribution is -2.48. The van der Waals surface area contributed by atoms with Crippen LogP contribution in [0.15, 0.2) is 54.6 Å². The van der Waals surface area contributed by atoms with Gasteiger partial charge in [-0.1, -0.05) is 48.5 Å². The van der Waals surface area contributed by atoms with Gasteiger partial charge in [0.2, 0.25) is 0 Å². The highest BCUT2D eigenvalue weighted by molar-refractivity contribution is 6.15. The molecule has 4 nitrogen and oxygen atoms in total. The van der Waals surface area contributed by atoms with Gasteiger partial charge in [0, 0.05) is 29.3 Å². The lowest BCUT2D eigenvalue weighted by atomic mass is 9.96. The van der Waals surface area contributed by atoms with Crippen LogP contribution in [0.2, 0.25) is 0 Å². The van der Waals surface area contributed by atoms with Gasteiger partial charge in [-0.3, -0.25) is 9.59 Å². The normalized spacial score (nSPS) is 24.7. The molecule has 0 spiro atoms. The van der Waals surface area contributed by atoms with Crippen molar-refractivity contribution in [2.24, 2.45) is 0 Å². The molecular formula is C21H22N2O2. The third-order valence-electron chi connectivity index (χ3n) is 5.26. The topological polar surface area (TPSA) is 58.2 Å². The Morgan fingerprint density at radius 3 is 2.12 bits per heavy atom. The van der Waals surface area contributed by atoms with E-state index in [0.29, 0.717) is 28.8 Å². The van der Waals surface area contributed by atoms with E-state index in [1.165, 1.54) is 12.8 Å². The maximum absolute atomic E-state index is 12.8. The largest absolute Gasteiger partial charge is 0.349 e. The zero-order valence-corrected chi connectivity index (χ0v) is 14.1. The SMILES string of the molecule is O=C(NC1CC2CCC(C1)N2)c1ccccc1C(=O)c1ccccc1. The summed E-state index contributed by atoms with van der Waals surface area (Å²) in [6.45, 7) is 0. The van der Waals surface area contributed by atoms with Crippen LogP contribution in [0.25, 0.3) is 0 Å². The van der Waals surface area contributed by atoms with E-state index < -0.39 is 0 Å². The number of benzene rings is 2. The number of piperidine rings is 1. The number of fused-ring (bicyclic) bond motifs is 2. The Labute approximate surface area is 147 Å². The van der Waals surface area contributed by atoms with Crippen molar-refractivity contribution in [1.29, 1.82) is 0 Å². The number of hydrogen-bond acceptors (Lipinski definition) is 3. The summed E-state index contributed by atoms with van der Waals surface area (Å²) < 4.78 is 0. The molecular weight excluding hydrogens is 312 g/mol. The summed E-state index contributed by atoms with van der Waals surface area (Å²) in [6, 6.07) is 17.4. The van der Waals surface area contributed by atoms with E-state index in [1.807, 2.05) is 24.3 Å². The number of amides is 1. The van der Waals surface area contributed by atoms with Crippen molar-refractivity contribution in [3.8, 4) is 0 Å². The quantitative estimate of drug-likeness (QED) is 0.845. The van der Waals surface area contributed by atoms with Gasteiger partial charge >= 0.3 is 0 Å². The second-order valence-electron chi connectivity index (χ2n) is 7.02. The highest BCUT2D eigenvalue weighted by Gasteiger charge is 2.34. The van der Waals surface area contributed by atoms with E-state index in [4.69, 9.17) is 0 Å². The molecule has 2 aromatic rings. The predicted octanol–water partition coefficient (Wildman–Crippen LogP) is 2.93. The molecule has 0 saturated carbocycles. The molecule has 0 aromatic heterocycles. The van der Waals surface area contributed by atoms with Crippen molar-refractivity contribution in [3.63, 3.8) is 0 Å². The summed E-state index contributed by atoms with van der Waals surface area (Å²) in [4.78, 5) is 25.6. The van der Waals surface area contributed by atoms with Gasteiger partial charge in [-0.15, -0.1) is 0 Å². The highest BCUT2D eigenvalue weighted by atomic mass is 16.2. The monoisotopic (exact) mass is 334 g/mol. The number of ketones is 1. The summed E-state index contributed by atoms with van der Waals surface area (Å²) in [7, 11) is 0. The first-order valence-corrected chi connectivity index (χ1v) is 8.96. The maximum Gasteiger partial charge on any atom is 0.252 e. The molecule has 2 bridgehead atoms. The first-order valence-electron chi connectivity index (χ1n) is 8.96. The van der Waals surface area contributed by atoms with Crippen LogP contribution < -0.4 is 10.6 Å². The van der Waals surface area contributed by atoms with Gasteiger partial charge in [0.05, 0.1) is 5.56 Å². The van der Waals surface area contributed by atoms with Gasteiger partial charge in [-0.25, -0.2) is 0 Å². The number of hydrogen-bond donors (Lipinski definition) is 2. The second-order valence-corrected chi connectivity index (χ2v) is 7.02. The van der Waals surface area contributed by atoms with Gasteiger partial charge in [0.1, 0.15) is 0 Å². The Balaban J connectivity index is 1.54. The van der Waals surface area contributed by atoms with E-state index in [-0.39, 0.29) is 17.7 Å². The van der Waals surface area contributed by atoms with Crippen molar-refractivity contribution in [2.75, 3.05) is 0 Å². The fourth-order valence-corrected chi connectivity index (χ4v) is 4.06. The van der Waals surface area contributed by atoms with Crippen LogP contribution in [0.3, 0.4) is 0 Å². The molecule has 2 aliphatic rings. The van der Waals surface area contributed by atoms with E-state index in [2.05, 4.69) is 10.6 Å². The van der Waals surface area contributed by atoms with Gasteiger partial charge in [0.15, 0.2) is 5.78 Å². The Morgan fingerprint density at radius 1 is 0.840 bits per heavy atom. The van der Waals surface area contributed by atoms with Crippen LogP contribution in [-0.2, 0) is 0 Å². The van der Waals surface area contributed by atoms with Crippen molar-refractivity contribution in [3.05, 3.63) is 71.3 Å². The van der Waals surface area contributed by atoms with Crippen LogP contribution in [-0.4, -0.2) is 29.8 Å². The molecule has 2 aliphatic heterocycles. The Kier molecular flexibility index (Phi) is 4.36. The molecule has 2 N–H and O–H groups in total. The molecule has 2 saturated heterocycles. The van der Waals surface area contributed by atoms with E-state index in [9.17, 15) is 9.59 Å². The fourth-order valence-electron chi connectivity index (χ4n) is 4.06. The average Bonchev–Trinajstić information content (AvgIpc) is 3.00. The maximum atomic E-state index is 12.8. The molecule has 2 fully saturated rings. The van der Waals surface area contributed by atoms with E-state index >= 15 is 0 Å². The highest BCUT2D eigenvalue weighted by Crippen LogP contribution is 2.27. The standard InChI is InChI=1S/C21H22N2O2/c24-20(14-6-2-1-3-7-14)18-8-4-5-9-19(18)21(25)23-17-12-15-10-11-16(13-17)22-15/h1-9,15-17,22H,10-13H2,(H,23,25). The molecule has 25 heavy (non-hydrogen) atoms. The zero-order chi connectivity index (χ0) is 17.2. The Bertz CT molecular complexity index is 775. The minimum atomic E-state index is -0.147. The van der Waals surface area contributed by atoms with Crippen LogP contribution in [0, 0.1) is 0 Å². The molecule has 4 heteroatoms. The van der Waals surface area contributed by atoms with Crippen LogP contribution in [0.4, 0.5) is 0 Å². The van der Waals surface area contributed by atoms with Gasteiger partial charge in [0.25, 0.3) is 5.91 Å². The molecule has 0 radical (unpaired) electrons. The third-order valence-corrected chi connectivity index (χ3v) is 5.26. The molecule has 2 heterocycles. The van der Waals surface area contributed by atoms with Gasteiger partial charge in [-0.05, 0) is 31.7 Å². The number of carbonyl (C=O) groups excluding carboxylic acids is 2. The van der Waals surface area contributed by atoms with Gasteiger partial charge < -0.3 is 10.6 Å².